The second-order valence-corrected chi connectivity index (χ2v) is 8.27. The molecule has 0 bridgehead atoms. The molecular weight excluding hydrogens is 394 g/mol. The number of carbonyl (C=O) groups is 1. The van der Waals surface area contributed by atoms with Gasteiger partial charge in [-0.2, -0.15) is 5.10 Å². The maximum Gasteiger partial charge on any atom is 0.275 e. The van der Waals surface area contributed by atoms with Gasteiger partial charge in [-0.3, -0.25) is 9.59 Å². The van der Waals surface area contributed by atoms with Crippen LogP contribution in [0.4, 0.5) is 0 Å². The smallest absolute Gasteiger partial charge is 0.275 e. The van der Waals surface area contributed by atoms with Gasteiger partial charge < -0.3 is 5.32 Å². The number of hydrogen-bond acceptors (Lipinski definition) is 4. The summed E-state index contributed by atoms with van der Waals surface area (Å²) in [6.45, 7) is 1.88. The third-order valence-corrected chi connectivity index (χ3v) is 5.91. The SMILES string of the molecule is C[C@@H](CCc1ccccc1)NC(=O)Cn1nc(-c2cccs2)c2ccccc2c1=O. The normalized spacial score (nSPS) is 12.0. The van der Waals surface area contributed by atoms with Gasteiger partial charge in [0, 0.05) is 11.4 Å². The Morgan fingerprint density at radius 2 is 1.77 bits per heavy atom. The van der Waals surface area contributed by atoms with Crippen molar-refractivity contribution in [2.45, 2.75) is 32.4 Å². The standard InChI is InChI=1S/C24H23N3O2S/c1-17(13-14-18-8-3-2-4-9-18)25-22(28)16-27-24(29)20-11-6-5-10-19(20)23(26-27)21-12-7-15-30-21/h2-12,15,17H,13-14,16H2,1H3,(H,25,28)/t17-/m0/s1. The summed E-state index contributed by atoms with van der Waals surface area (Å²) in [5.74, 6) is -0.211. The molecule has 30 heavy (non-hydrogen) atoms. The molecule has 0 spiro atoms. The quantitative estimate of drug-likeness (QED) is 0.489. The van der Waals surface area contributed by atoms with Crippen LogP contribution in [0.3, 0.4) is 0 Å². The molecule has 6 heteroatoms. The minimum Gasteiger partial charge on any atom is -0.352 e. The van der Waals surface area contributed by atoms with Crippen LogP contribution in [-0.4, -0.2) is 21.7 Å². The number of nitrogens with one attached hydrogen (secondary N) is 1. The van der Waals surface area contributed by atoms with Crippen LogP contribution in [0, 0.1) is 0 Å². The molecule has 4 rings (SSSR count). The van der Waals surface area contributed by atoms with Crippen molar-refractivity contribution in [3.63, 3.8) is 0 Å². The lowest BCUT2D eigenvalue weighted by Crippen LogP contribution is -2.38. The van der Waals surface area contributed by atoms with Crippen molar-refractivity contribution in [3.05, 3.63) is 88.0 Å². The van der Waals surface area contributed by atoms with Crippen LogP contribution < -0.4 is 10.9 Å². The zero-order chi connectivity index (χ0) is 20.9. The van der Waals surface area contributed by atoms with Gasteiger partial charge in [-0.1, -0.05) is 54.6 Å². The maximum atomic E-state index is 12.9. The van der Waals surface area contributed by atoms with Crippen LogP contribution in [0.1, 0.15) is 18.9 Å². The monoisotopic (exact) mass is 417 g/mol. The van der Waals surface area contributed by atoms with Crippen molar-refractivity contribution in [1.29, 1.82) is 0 Å². The van der Waals surface area contributed by atoms with Gasteiger partial charge in [-0.15, -0.1) is 11.3 Å². The van der Waals surface area contributed by atoms with Crippen molar-refractivity contribution in [2.75, 3.05) is 0 Å². The van der Waals surface area contributed by atoms with Gasteiger partial charge in [0.2, 0.25) is 5.91 Å². The second kappa shape index (κ2) is 9.05. The number of aryl methyl sites for hydroxylation is 1. The number of rotatable bonds is 7. The van der Waals surface area contributed by atoms with Crippen molar-refractivity contribution in [3.8, 4) is 10.6 Å². The zero-order valence-corrected chi connectivity index (χ0v) is 17.6. The van der Waals surface area contributed by atoms with E-state index in [-0.39, 0.29) is 24.1 Å². The van der Waals surface area contributed by atoms with Crippen molar-refractivity contribution in [1.82, 2.24) is 15.1 Å². The van der Waals surface area contributed by atoms with Gasteiger partial charge in [0.15, 0.2) is 0 Å². The van der Waals surface area contributed by atoms with Gasteiger partial charge in [-0.05, 0) is 42.8 Å². The summed E-state index contributed by atoms with van der Waals surface area (Å²) < 4.78 is 1.27. The number of hydrogen-bond donors (Lipinski definition) is 1. The third-order valence-electron chi connectivity index (χ3n) is 5.03. The van der Waals surface area contributed by atoms with Crippen molar-refractivity contribution in [2.24, 2.45) is 0 Å². The molecule has 2 aromatic heterocycles. The highest BCUT2D eigenvalue weighted by Crippen LogP contribution is 2.28. The summed E-state index contributed by atoms with van der Waals surface area (Å²) in [7, 11) is 0. The number of amides is 1. The van der Waals surface area contributed by atoms with Gasteiger partial charge in [0.05, 0.1) is 10.3 Å². The van der Waals surface area contributed by atoms with E-state index in [0.717, 1.165) is 28.8 Å². The largest absolute Gasteiger partial charge is 0.352 e. The number of benzene rings is 2. The van der Waals surface area contributed by atoms with E-state index in [0.29, 0.717) is 5.39 Å². The highest BCUT2D eigenvalue weighted by atomic mass is 32.1. The molecule has 0 saturated heterocycles. The predicted molar refractivity (Wildman–Crippen MR) is 122 cm³/mol. The predicted octanol–water partition coefficient (Wildman–Crippen LogP) is 4.26. The molecule has 0 aliphatic heterocycles. The number of nitrogens with zero attached hydrogens (tertiary/aromatic N) is 2. The number of carbonyl (C=O) groups excluding carboxylic acids is 1. The van der Waals surface area contributed by atoms with E-state index in [2.05, 4.69) is 22.5 Å². The summed E-state index contributed by atoms with van der Waals surface area (Å²) in [6.07, 6.45) is 1.72. The first kappa shape index (κ1) is 20.0. The summed E-state index contributed by atoms with van der Waals surface area (Å²) in [5, 5.41) is 10.9. The first-order valence-corrected chi connectivity index (χ1v) is 10.9. The molecule has 2 aromatic carbocycles. The second-order valence-electron chi connectivity index (χ2n) is 7.33. The maximum absolute atomic E-state index is 12.9. The molecule has 1 N–H and O–H groups in total. The van der Waals surface area contributed by atoms with E-state index in [1.807, 2.05) is 60.8 Å². The van der Waals surface area contributed by atoms with Gasteiger partial charge in [-0.25, -0.2) is 4.68 Å². The molecule has 0 radical (unpaired) electrons. The lowest BCUT2D eigenvalue weighted by atomic mass is 10.1. The summed E-state index contributed by atoms with van der Waals surface area (Å²) in [6, 6.07) is 21.5. The Balaban J connectivity index is 1.51. The first-order valence-electron chi connectivity index (χ1n) is 9.99. The molecule has 0 fully saturated rings. The molecule has 5 nitrogen and oxygen atoms in total. The fraction of sp³-hybridized carbons (Fsp3) is 0.208. The molecule has 1 amide bonds. The molecule has 4 aromatic rings. The molecule has 0 saturated carbocycles. The van der Waals surface area contributed by atoms with Crippen molar-refractivity contribution >= 4 is 28.0 Å². The lowest BCUT2D eigenvalue weighted by Gasteiger charge is -2.15. The molecule has 152 valence electrons. The number of fused-ring (bicyclic) bond motifs is 1. The minimum absolute atomic E-state index is 0.00521. The van der Waals surface area contributed by atoms with Crippen LogP contribution >= 0.6 is 11.3 Å². The summed E-state index contributed by atoms with van der Waals surface area (Å²) in [4.78, 5) is 26.5. The van der Waals surface area contributed by atoms with Gasteiger partial charge >= 0.3 is 0 Å². The molecule has 2 heterocycles. The Hall–Kier alpha value is -3.25. The molecule has 0 aliphatic carbocycles. The Bertz CT molecular complexity index is 1200. The third kappa shape index (κ3) is 4.49. The van der Waals surface area contributed by atoms with Crippen LogP contribution in [0.25, 0.3) is 21.3 Å². The lowest BCUT2D eigenvalue weighted by molar-refractivity contribution is -0.122. The van der Waals surface area contributed by atoms with Crippen LogP contribution in [0.5, 0.6) is 0 Å². The highest BCUT2D eigenvalue weighted by molar-refractivity contribution is 7.13. The Labute approximate surface area is 179 Å². The Morgan fingerprint density at radius 3 is 2.50 bits per heavy atom. The Kier molecular flexibility index (Phi) is 6.05. The van der Waals surface area contributed by atoms with Crippen LogP contribution in [-0.2, 0) is 17.8 Å². The van der Waals surface area contributed by atoms with E-state index in [1.54, 1.807) is 17.4 Å². The van der Waals surface area contributed by atoms with E-state index in [9.17, 15) is 9.59 Å². The van der Waals surface area contributed by atoms with E-state index in [1.165, 1.54) is 10.2 Å². The Morgan fingerprint density at radius 1 is 1.03 bits per heavy atom. The topological polar surface area (TPSA) is 64.0 Å². The van der Waals surface area contributed by atoms with E-state index < -0.39 is 0 Å². The summed E-state index contributed by atoms with van der Waals surface area (Å²) >= 11 is 1.56. The fourth-order valence-electron chi connectivity index (χ4n) is 3.49. The average Bonchev–Trinajstić information content (AvgIpc) is 3.30. The van der Waals surface area contributed by atoms with E-state index >= 15 is 0 Å². The van der Waals surface area contributed by atoms with Crippen molar-refractivity contribution < 1.29 is 4.79 Å². The summed E-state index contributed by atoms with van der Waals surface area (Å²) in [5.41, 5.74) is 1.72. The molecular formula is C24H23N3O2S. The molecule has 1 atom stereocenters. The molecule has 0 unspecified atom stereocenters. The molecule has 0 aliphatic rings. The fourth-order valence-corrected chi connectivity index (χ4v) is 4.22. The number of thiophene rings is 1. The van der Waals surface area contributed by atoms with Gasteiger partial charge in [0.1, 0.15) is 12.2 Å². The first-order chi connectivity index (χ1) is 14.6. The van der Waals surface area contributed by atoms with E-state index in [4.69, 9.17) is 0 Å². The van der Waals surface area contributed by atoms with Gasteiger partial charge in [0.25, 0.3) is 5.56 Å². The van der Waals surface area contributed by atoms with Crippen LogP contribution in [0.2, 0.25) is 0 Å². The minimum atomic E-state index is -0.252. The van der Waals surface area contributed by atoms with Crippen LogP contribution in [0.15, 0.2) is 76.9 Å². The number of aromatic nitrogens is 2. The highest BCUT2D eigenvalue weighted by Gasteiger charge is 2.15. The average molecular weight is 418 g/mol. The zero-order valence-electron chi connectivity index (χ0n) is 16.7.